The third-order valence-electron chi connectivity index (χ3n) is 4.78. The smallest absolute Gasteiger partial charge is 0.317 e. The van der Waals surface area contributed by atoms with Crippen molar-refractivity contribution in [1.82, 2.24) is 9.80 Å². The molecule has 1 aromatic rings. The molecule has 1 N–H and O–H groups in total. The number of halogens is 2. The van der Waals surface area contributed by atoms with Gasteiger partial charge in [-0.2, -0.15) is 0 Å². The van der Waals surface area contributed by atoms with E-state index in [1.165, 1.54) is 0 Å². The maximum Gasteiger partial charge on any atom is 0.317 e. The fourth-order valence-corrected chi connectivity index (χ4v) is 4.02. The molecule has 0 aliphatic carbocycles. The molecule has 0 saturated carbocycles. The molecule has 24 heavy (non-hydrogen) atoms. The Bertz CT molecular complexity index is 526. The predicted molar refractivity (Wildman–Crippen MR) is 99.1 cm³/mol. The first kappa shape index (κ1) is 19.5. The van der Waals surface area contributed by atoms with Crippen LogP contribution in [0.2, 0.25) is 10.0 Å². The Morgan fingerprint density at radius 2 is 1.92 bits per heavy atom. The van der Waals surface area contributed by atoms with E-state index in [0.717, 1.165) is 67.5 Å². The minimum absolute atomic E-state index is 0.145. The fraction of sp³-hybridized carbons (Fsp3) is 0.611. The van der Waals surface area contributed by atoms with Crippen molar-refractivity contribution in [3.05, 3.63) is 33.8 Å². The lowest BCUT2D eigenvalue weighted by Gasteiger charge is -2.37. The number of carboxylic acid groups (broad SMARTS) is 1. The SMILES string of the molecule is CCN(CC(=O)O)C1CCN(CCCc2c(Cl)cccc2Cl)CC1. The van der Waals surface area contributed by atoms with Gasteiger partial charge in [0, 0.05) is 16.1 Å². The largest absolute Gasteiger partial charge is 0.480 e. The average Bonchev–Trinajstić information content (AvgIpc) is 2.56. The Hall–Kier alpha value is -0.810. The number of likely N-dealkylation sites (tertiary alicyclic amines) is 1. The van der Waals surface area contributed by atoms with Crippen LogP contribution in [0.4, 0.5) is 0 Å². The third kappa shape index (κ3) is 5.62. The number of aliphatic carboxylic acids is 1. The first-order valence-electron chi connectivity index (χ1n) is 8.62. The minimum Gasteiger partial charge on any atom is -0.480 e. The number of hydrogen-bond acceptors (Lipinski definition) is 3. The van der Waals surface area contributed by atoms with Crippen LogP contribution < -0.4 is 0 Å². The second-order valence-corrected chi connectivity index (χ2v) is 7.15. The number of likely N-dealkylation sites (N-methyl/N-ethyl adjacent to an activating group) is 1. The molecule has 0 unspecified atom stereocenters. The third-order valence-corrected chi connectivity index (χ3v) is 5.49. The zero-order chi connectivity index (χ0) is 17.5. The van der Waals surface area contributed by atoms with E-state index in [-0.39, 0.29) is 6.54 Å². The highest BCUT2D eigenvalue weighted by molar-refractivity contribution is 6.35. The first-order chi connectivity index (χ1) is 11.5. The number of hydrogen-bond donors (Lipinski definition) is 1. The number of carbonyl (C=O) groups is 1. The molecule has 0 radical (unpaired) electrons. The summed E-state index contributed by atoms with van der Waals surface area (Å²) in [6.07, 6.45) is 3.99. The number of rotatable bonds is 8. The molecule has 4 nitrogen and oxygen atoms in total. The van der Waals surface area contributed by atoms with E-state index >= 15 is 0 Å². The van der Waals surface area contributed by atoms with Crippen LogP contribution in [0.25, 0.3) is 0 Å². The van der Waals surface area contributed by atoms with Crippen molar-refractivity contribution in [3.63, 3.8) is 0 Å². The number of piperidine rings is 1. The summed E-state index contributed by atoms with van der Waals surface area (Å²) in [7, 11) is 0. The summed E-state index contributed by atoms with van der Waals surface area (Å²) in [4.78, 5) is 15.5. The zero-order valence-electron chi connectivity index (χ0n) is 14.2. The summed E-state index contributed by atoms with van der Waals surface area (Å²) in [5, 5.41) is 10.5. The lowest BCUT2D eigenvalue weighted by molar-refractivity contribution is -0.139. The van der Waals surface area contributed by atoms with Crippen LogP contribution in [0.3, 0.4) is 0 Å². The first-order valence-corrected chi connectivity index (χ1v) is 9.38. The normalized spacial score (nSPS) is 16.7. The molecule has 1 aliphatic rings. The monoisotopic (exact) mass is 372 g/mol. The van der Waals surface area contributed by atoms with Crippen molar-refractivity contribution in [1.29, 1.82) is 0 Å². The summed E-state index contributed by atoms with van der Waals surface area (Å²) in [6.45, 7) is 6.05. The van der Waals surface area contributed by atoms with Crippen molar-refractivity contribution in [2.45, 2.75) is 38.6 Å². The van der Waals surface area contributed by atoms with E-state index in [4.69, 9.17) is 28.3 Å². The van der Waals surface area contributed by atoms with Gasteiger partial charge < -0.3 is 10.0 Å². The minimum atomic E-state index is -0.740. The highest BCUT2D eigenvalue weighted by Crippen LogP contribution is 2.26. The topological polar surface area (TPSA) is 43.8 Å². The van der Waals surface area contributed by atoms with Crippen molar-refractivity contribution < 1.29 is 9.90 Å². The zero-order valence-corrected chi connectivity index (χ0v) is 15.7. The van der Waals surface area contributed by atoms with E-state index in [1.54, 1.807) is 0 Å². The Labute approximate surface area is 154 Å². The summed E-state index contributed by atoms with van der Waals surface area (Å²) >= 11 is 12.4. The van der Waals surface area contributed by atoms with Gasteiger partial charge >= 0.3 is 5.97 Å². The Balaban J connectivity index is 1.74. The van der Waals surface area contributed by atoms with Gasteiger partial charge in [-0.05, 0) is 69.6 Å². The summed E-state index contributed by atoms with van der Waals surface area (Å²) in [5.41, 5.74) is 1.04. The summed E-state index contributed by atoms with van der Waals surface area (Å²) < 4.78 is 0. The van der Waals surface area contributed by atoms with Crippen LogP contribution in [0.5, 0.6) is 0 Å². The lowest BCUT2D eigenvalue weighted by Crippen LogP contribution is -2.46. The molecule has 134 valence electrons. The Morgan fingerprint density at radius 1 is 1.29 bits per heavy atom. The molecule has 1 aromatic carbocycles. The van der Waals surface area contributed by atoms with E-state index in [9.17, 15) is 4.79 Å². The predicted octanol–water partition coefficient (Wildman–Crippen LogP) is 3.80. The molecular weight excluding hydrogens is 347 g/mol. The van der Waals surface area contributed by atoms with Gasteiger partial charge in [-0.25, -0.2) is 0 Å². The van der Waals surface area contributed by atoms with Gasteiger partial charge in [0.1, 0.15) is 0 Å². The summed E-state index contributed by atoms with van der Waals surface area (Å²) in [5.74, 6) is -0.740. The van der Waals surface area contributed by atoms with Crippen LogP contribution in [-0.4, -0.2) is 59.6 Å². The van der Waals surface area contributed by atoms with Gasteiger partial charge in [-0.1, -0.05) is 36.2 Å². The van der Waals surface area contributed by atoms with Gasteiger partial charge in [0.2, 0.25) is 0 Å². The van der Waals surface area contributed by atoms with Crippen molar-refractivity contribution in [3.8, 4) is 0 Å². The summed E-state index contributed by atoms with van der Waals surface area (Å²) in [6, 6.07) is 6.03. The van der Waals surface area contributed by atoms with Crippen LogP contribution in [0.1, 0.15) is 31.7 Å². The number of nitrogens with zero attached hydrogens (tertiary/aromatic N) is 2. The molecule has 0 amide bonds. The highest BCUT2D eigenvalue weighted by atomic mass is 35.5. The molecule has 6 heteroatoms. The lowest BCUT2D eigenvalue weighted by atomic mass is 10.0. The van der Waals surface area contributed by atoms with Crippen LogP contribution in [-0.2, 0) is 11.2 Å². The fourth-order valence-electron chi connectivity index (χ4n) is 3.43. The van der Waals surface area contributed by atoms with Gasteiger partial charge in [0.15, 0.2) is 0 Å². The van der Waals surface area contributed by atoms with Gasteiger partial charge in [-0.3, -0.25) is 9.69 Å². The molecule has 0 atom stereocenters. The Morgan fingerprint density at radius 3 is 2.46 bits per heavy atom. The van der Waals surface area contributed by atoms with Gasteiger partial charge in [-0.15, -0.1) is 0 Å². The van der Waals surface area contributed by atoms with Gasteiger partial charge in [0.05, 0.1) is 6.54 Å². The van der Waals surface area contributed by atoms with E-state index in [0.29, 0.717) is 6.04 Å². The average molecular weight is 373 g/mol. The number of benzene rings is 1. The molecule has 0 bridgehead atoms. The Kier molecular flexibility index (Phi) is 7.82. The molecule has 1 fully saturated rings. The van der Waals surface area contributed by atoms with Crippen LogP contribution in [0, 0.1) is 0 Å². The maximum absolute atomic E-state index is 10.9. The van der Waals surface area contributed by atoms with E-state index < -0.39 is 5.97 Å². The quantitative estimate of drug-likeness (QED) is 0.753. The van der Waals surface area contributed by atoms with Crippen molar-refractivity contribution >= 4 is 29.2 Å². The van der Waals surface area contributed by atoms with Crippen molar-refractivity contribution in [2.75, 3.05) is 32.7 Å². The maximum atomic E-state index is 10.9. The molecule has 1 heterocycles. The molecular formula is C18H26Cl2N2O2. The standard InChI is InChI=1S/C18H26Cl2N2O2/c1-2-22(13-18(23)24)14-8-11-21(12-9-14)10-4-5-15-16(19)6-3-7-17(15)20/h3,6-7,14H,2,4-5,8-13H2,1H3,(H,23,24). The van der Waals surface area contributed by atoms with E-state index in [1.807, 2.05) is 25.1 Å². The second-order valence-electron chi connectivity index (χ2n) is 6.33. The van der Waals surface area contributed by atoms with Crippen LogP contribution in [0.15, 0.2) is 18.2 Å². The highest BCUT2D eigenvalue weighted by Gasteiger charge is 2.24. The van der Waals surface area contributed by atoms with Gasteiger partial charge in [0.25, 0.3) is 0 Å². The number of carboxylic acids is 1. The van der Waals surface area contributed by atoms with Crippen molar-refractivity contribution in [2.24, 2.45) is 0 Å². The molecule has 0 aromatic heterocycles. The molecule has 2 rings (SSSR count). The molecule has 1 saturated heterocycles. The molecule has 1 aliphatic heterocycles. The molecule has 0 spiro atoms. The van der Waals surface area contributed by atoms with Crippen LogP contribution >= 0.6 is 23.2 Å². The van der Waals surface area contributed by atoms with E-state index in [2.05, 4.69) is 9.80 Å². The second kappa shape index (κ2) is 9.62.